The Hall–Kier alpha value is -2.47. The molecule has 0 aliphatic heterocycles. The first kappa shape index (κ1) is 17.9. The van der Waals surface area contributed by atoms with Gasteiger partial charge in [0, 0.05) is 17.0 Å². The van der Waals surface area contributed by atoms with Gasteiger partial charge in [-0.2, -0.15) is 0 Å². The molecule has 0 unspecified atom stereocenters. The monoisotopic (exact) mass is 353 g/mol. The zero-order valence-corrected chi connectivity index (χ0v) is 13.2. The zero-order chi connectivity index (χ0) is 17.7. The van der Waals surface area contributed by atoms with Crippen LogP contribution in [0.5, 0.6) is 0 Å². The van der Waals surface area contributed by atoms with Gasteiger partial charge in [0.15, 0.2) is 0 Å². The molecule has 2 aromatic rings. The SMILES string of the molecule is O=C(Cc1c(F)cccc1F)N[C@H](Cc1cccc(Cl)c1)C(=O)O. The number of nitrogens with one attached hydrogen (secondary N) is 1. The molecule has 0 heterocycles. The van der Waals surface area contributed by atoms with Crippen molar-refractivity contribution in [3.8, 4) is 0 Å². The lowest BCUT2D eigenvalue weighted by Gasteiger charge is -2.15. The van der Waals surface area contributed by atoms with Crippen LogP contribution >= 0.6 is 11.6 Å². The summed E-state index contributed by atoms with van der Waals surface area (Å²) in [4.78, 5) is 23.3. The van der Waals surface area contributed by atoms with Crippen LogP contribution in [0.2, 0.25) is 5.02 Å². The maximum Gasteiger partial charge on any atom is 0.326 e. The predicted octanol–water partition coefficient (Wildman–Crippen LogP) is 2.97. The molecule has 0 bridgehead atoms. The summed E-state index contributed by atoms with van der Waals surface area (Å²) < 4.78 is 27.1. The molecule has 24 heavy (non-hydrogen) atoms. The Morgan fingerprint density at radius 2 is 1.75 bits per heavy atom. The van der Waals surface area contributed by atoms with E-state index in [1.165, 1.54) is 6.07 Å². The van der Waals surface area contributed by atoms with Crippen LogP contribution in [0.3, 0.4) is 0 Å². The van der Waals surface area contributed by atoms with Crippen LogP contribution in [-0.4, -0.2) is 23.0 Å². The molecule has 1 atom stereocenters. The van der Waals surface area contributed by atoms with E-state index in [9.17, 15) is 23.5 Å². The molecule has 7 heteroatoms. The number of carboxylic acid groups (broad SMARTS) is 1. The Labute approximate surface area is 142 Å². The van der Waals surface area contributed by atoms with Gasteiger partial charge in [0.25, 0.3) is 0 Å². The summed E-state index contributed by atoms with van der Waals surface area (Å²) in [5.74, 6) is -3.75. The van der Waals surface area contributed by atoms with Gasteiger partial charge in [-0.05, 0) is 29.8 Å². The van der Waals surface area contributed by atoms with Crippen molar-refractivity contribution in [2.45, 2.75) is 18.9 Å². The van der Waals surface area contributed by atoms with Gasteiger partial charge in [-0.3, -0.25) is 4.79 Å². The van der Waals surface area contributed by atoms with Crippen molar-refractivity contribution >= 4 is 23.5 Å². The number of benzene rings is 2. The number of amides is 1. The van der Waals surface area contributed by atoms with E-state index in [-0.39, 0.29) is 6.42 Å². The Morgan fingerprint density at radius 1 is 1.12 bits per heavy atom. The fraction of sp³-hybridized carbons (Fsp3) is 0.176. The van der Waals surface area contributed by atoms with Crippen molar-refractivity contribution < 1.29 is 23.5 Å². The molecule has 0 fully saturated rings. The molecule has 0 saturated carbocycles. The van der Waals surface area contributed by atoms with Crippen LogP contribution < -0.4 is 5.32 Å². The largest absolute Gasteiger partial charge is 0.480 e. The van der Waals surface area contributed by atoms with Gasteiger partial charge in [0.2, 0.25) is 5.91 Å². The molecule has 126 valence electrons. The highest BCUT2D eigenvalue weighted by Gasteiger charge is 2.22. The lowest BCUT2D eigenvalue weighted by Crippen LogP contribution is -2.43. The highest BCUT2D eigenvalue weighted by molar-refractivity contribution is 6.30. The molecule has 0 saturated heterocycles. The van der Waals surface area contributed by atoms with Gasteiger partial charge < -0.3 is 10.4 Å². The fourth-order valence-electron chi connectivity index (χ4n) is 2.21. The second-order valence-electron chi connectivity index (χ2n) is 5.17. The Morgan fingerprint density at radius 3 is 2.33 bits per heavy atom. The number of hydrogen-bond donors (Lipinski definition) is 2. The summed E-state index contributed by atoms with van der Waals surface area (Å²) in [6.45, 7) is 0. The maximum atomic E-state index is 13.5. The number of halogens is 3. The van der Waals surface area contributed by atoms with Crippen molar-refractivity contribution in [3.63, 3.8) is 0 Å². The number of rotatable bonds is 6. The van der Waals surface area contributed by atoms with E-state index in [1.807, 2.05) is 0 Å². The van der Waals surface area contributed by atoms with E-state index in [1.54, 1.807) is 24.3 Å². The number of hydrogen-bond acceptors (Lipinski definition) is 2. The van der Waals surface area contributed by atoms with Crippen LogP contribution in [0.1, 0.15) is 11.1 Å². The topological polar surface area (TPSA) is 66.4 Å². The summed E-state index contributed by atoms with van der Waals surface area (Å²) >= 11 is 5.84. The van der Waals surface area contributed by atoms with Crippen molar-refractivity contribution in [1.29, 1.82) is 0 Å². The van der Waals surface area contributed by atoms with Gasteiger partial charge in [-0.25, -0.2) is 13.6 Å². The number of carbonyl (C=O) groups is 2. The van der Waals surface area contributed by atoms with Gasteiger partial charge in [0.1, 0.15) is 17.7 Å². The average Bonchev–Trinajstić information content (AvgIpc) is 2.50. The molecule has 4 nitrogen and oxygen atoms in total. The van der Waals surface area contributed by atoms with Crippen molar-refractivity contribution in [2.75, 3.05) is 0 Å². The second kappa shape index (κ2) is 7.88. The molecule has 2 aromatic carbocycles. The van der Waals surface area contributed by atoms with Crippen molar-refractivity contribution in [3.05, 3.63) is 70.2 Å². The quantitative estimate of drug-likeness (QED) is 0.839. The smallest absolute Gasteiger partial charge is 0.326 e. The summed E-state index contributed by atoms with van der Waals surface area (Å²) in [5.41, 5.74) is 0.217. The van der Waals surface area contributed by atoms with Crippen LogP contribution in [0.4, 0.5) is 8.78 Å². The Balaban J connectivity index is 2.07. The van der Waals surface area contributed by atoms with Crippen LogP contribution in [0.25, 0.3) is 0 Å². The third kappa shape index (κ3) is 4.76. The van der Waals surface area contributed by atoms with Crippen molar-refractivity contribution in [1.82, 2.24) is 5.32 Å². The fourth-order valence-corrected chi connectivity index (χ4v) is 2.42. The Kier molecular flexibility index (Phi) is 5.87. The van der Waals surface area contributed by atoms with E-state index in [2.05, 4.69) is 5.32 Å². The molecule has 1 amide bonds. The number of carbonyl (C=O) groups excluding carboxylic acids is 1. The summed E-state index contributed by atoms with van der Waals surface area (Å²) in [6, 6.07) is 8.58. The molecule has 2 rings (SSSR count). The van der Waals surface area contributed by atoms with Crippen LogP contribution in [-0.2, 0) is 22.4 Å². The third-order valence-electron chi connectivity index (χ3n) is 3.36. The van der Waals surface area contributed by atoms with E-state index >= 15 is 0 Å². The van der Waals surface area contributed by atoms with Crippen molar-refractivity contribution in [2.24, 2.45) is 0 Å². The van der Waals surface area contributed by atoms with Gasteiger partial charge in [0.05, 0.1) is 6.42 Å². The molecule has 0 spiro atoms. The molecule has 0 radical (unpaired) electrons. The standard InChI is InChI=1S/C17H14ClF2NO3/c18-11-4-1-3-10(7-11)8-15(17(23)24)21-16(22)9-12-13(19)5-2-6-14(12)20/h1-7,15H,8-9H2,(H,21,22)(H,23,24)/t15-/m1/s1. The normalized spacial score (nSPS) is 11.8. The van der Waals surface area contributed by atoms with Gasteiger partial charge in [-0.1, -0.05) is 29.8 Å². The molecular formula is C17H14ClF2NO3. The van der Waals surface area contributed by atoms with Crippen LogP contribution in [0.15, 0.2) is 42.5 Å². The maximum absolute atomic E-state index is 13.5. The minimum atomic E-state index is -1.25. The average molecular weight is 354 g/mol. The third-order valence-corrected chi connectivity index (χ3v) is 3.60. The summed E-state index contributed by atoms with van der Waals surface area (Å²) in [7, 11) is 0. The zero-order valence-electron chi connectivity index (χ0n) is 12.4. The van der Waals surface area contributed by atoms with E-state index in [4.69, 9.17) is 11.6 Å². The summed E-state index contributed by atoms with van der Waals surface area (Å²) in [6.07, 6.45) is -0.584. The number of carboxylic acids is 1. The van der Waals surface area contributed by atoms with Gasteiger partial charge in [-0.15, -0.1) is 0 Å². The summed E-state index contributed by atoms with van der Waals surface area (Å²) in [5, 5.41) is 11.9. The minimum absolute atomic E-state index is 0.00138. The lowest BCUT2D eigenvalue weighted by molar-refractivity contribution is -0.141. The highest BCUT2D eigenvalue weighted by Crippen LogP contribution is 2.14. The highest BCUT2D eigenvalue weighted by atomic mass is 35.5. The minimum Gasteiger partial charge on any atom is -0.480 e. The van der Waals surface area contributed by atoms with Gasteiger partial charge >= 0.3 is 5.97 Å². The lowest BCUT2D eigenvalue weighted by atomic mass is 10.1. The first-order valence-electron chi connectivity index (χ1n) is 7.06. The first-order valence-corrected chi connectivity index (χ1v) is 7.44. The Bertz CT molecular complexity index is 747. The molecule has 0 aliphatic carbocycles. The molecule has 0 aliphatic rings. The second-order valence-corrected chi connectivity index (χ2v) is 5.61. The molecule has 2 N–H and O–H groups in total. The molecular weight excluding hydrogens is 340 g/mol. The number of aliphatic carboxylic acids is 1. The van der Waals surface area contributed by atoms with Crippen LogP contribution in [0, 0.1) is 11.6 Å². The van der Waals surface area contributed by atoms with E-state index < -0.39 is 41.5 Å². The van der Waals surface area contributed by atoms with E-state index in [0.29, 0.717) is 10.6 Å². The predicted molar refractivity (Wildman–Crippen MR) is 84.8 cm³/mol. The first-order chi connectivity index (χ1) is 11.4. The molecule has 0 aromatic heterocycles. The van der Waals surface area contributed by atoms with E-state index in [0.717, 1.165) is 12.1 Å².